The van der Waals surface area contributed by atoms with Gasteiger partial charge in [0.25, 0.3) is 11.2 Å². The highest BCUT2D eigenvalue weighted by Gasteiger charge is 2.13. The maximum atomic E-state index is 11.9. The third kappa shape index (κ3) is 4.36. The van der Waals surface area contributed by atoms with Crippen molar-refractivity contribution >= 4 is 29.0 Å². The molecule has 0 unspecified atom stereocenters. The maximum Gasteiger partial charge on any atom is 0.274 e. The highest BCUT2D eigenvalue weighted by atomic mass is 32.2. The van der Waals surface area contributed by atoms with Gasteiger partial charge in [-0.3, -0.25) is 24.7 Å². The Morgan fingerprint density at radius 2 is 2.13 bits per heavy atom. The molecule has 2 aromatic rings. The minimum absolute atomic E-state index is 0.0185. The molecule has 1 heterocycles. The van der Waals surface area contributed by atoms with Crippen molar-refractivity contribution in [3.05, 3.63) is 49.9 Å². The van der Waals surface area contributed by atoms with E-state index in [0.717, 1.165) is 11.8 Å². The number of nitro benzene ring substituents is 1. The zero-order valence-corrected chi connectivity index (χ0v) is 13.1. The van der Waals surface area contributed by atoms with E-state index >= 15 is 0 Å². The number of hydrogen-bond acceptors (Lipinski definition) is 7. The molecule has 1 aromatic heterocycles. The van der Waals surface area contributed by atoms with Crippen LogP contribution in [0.1, 0.15) is 11.3 Å². The lowest BCUT2D eigenvalue weighted by molar-refractivity contribution is -0.385. The Morgan fingerprint density at radius 1 is 1.39 bits per heavy atom. The van der Waals surface area contributed by atoms with Crippen LogP contribution >= 0.6 is 11.8 Å². The molecule has 1 aromatic carbocycles. The monoisotopic (exact) mass is 335 g/mol. The Kier molecular flexibility index (Phi) is 5.06. The average Bonchev–Trinajstić information content (AvgIpc) is 2.50. The Balaban J connectivity index is 1.99. The predicted molar refractivity (Wildman–Crippen MR) is 84.6 cm³/mol. The van der Waals surface area contributed by atoms with Gasteiger partial charge in [-0.1, -0.05) is 17.8 Å². The Bertz CT molecular complexity index is 820. The van der Waals surface area contributed by atoms with Gasteiger partial charge >= 0.3 is 0 Å². The molecular weight excluding hydrogens is 322 g/mol. The molecule has 0 bridgehead atoms. The van der Waals surface area contributed by atoms with Crippen molar-refractivity contribution in [3.8, 4) is 0 Å². The standard InChI is InChI=1S/C13H13N5O4S/c1-7-3-4-9(5-10(7)18(21)22)14-11(19)6-23-13-15-12(20)8(2)16-17-13/h3-5H,6H2,1-2H3,(H,14,19)(H,15,17,20). The smallest absolute Gasteiger partial charge is 0.274 e. The second-order valence-electron chi connectivity index (χ2n) is 4.64. The number of nitrogens with zero attached hydrogens (tertiary/aromatic N) is 3. The first-order valence-corrected chi connectivity index (χ1v) is 7.46. The number of benzene rings is 1. The largest absolute Gasteiger partial charge is 0.325 e. The second kappa shape index (κ2) is 7.01. The summed E-state index contributed by atoms with van der Waals surface area (Å²) in [6.45, 7) is 3.14. The molecule has 0 spiro atoms. The Morgan fingerprint density at radius 3 is 2.78 bits per heavy atom. The zero-order chi connectivity index (χ0) is 17.0. The maximum absolute atomic E-state index is 11.9. The summed E-state index contributed by atoms with van der Waals surface area (Å²) in [6, 6.07) is 4.44. The molecule has 0 radical (unpaired) electrons. The van der Waals surface area contributed by atoms with Crippen molar-refractivity contribution in [1.29, 1.82) is 0 Å². The van der Waals surface area contributed by atoms with Crippen LogP contribution in [0.3, 0.4) is 0 Å². The zero-order valence-electron chi connectivity index (χ0n) is 12.3. The fraction of sp³-hybridized carbons (Fsp3) is 0.231. The fourth-order valence-electron chi connectivity index (χ4n) is 1.66. The van der Waals surface area contributed by atoms with Gasteiger partial charge in [0.2, 0.25) is 5.91 Å². The van der Waals surface area contributed by atoms with Crippen LogP contribution in [0.2, 0.25) is 0 Å². The normalized spacial score (nSPS) is 10.3. The summed E-state index contributed by atoms with van der Waals surface area (Å²) in [4.78, 5) is 36.1. The summed E-state index contributed by atoms with van der Waals surface area (Å²) in [5.41, 5.74) is 0.651. The summed E-state index contributed by atoms with van der Waals surface area (Å²) in [6.07, 6.45) is 0. The van der Waals surface area contributed by atoms with Gasteiger partial charge in [0.15, 0.2) is 5.16 Å². The minimum Gasteiger partial charge on any atom is -0.325 e. The quantitative estimate of drug-likeness (QED) is 0.480. The average molecular weight is 335 g/mol. The van der Waals surface area contributed by atoms with E-state index in [4.69, 9.17) is 0 Å². The first-order valence-electron chi connectivity index (χ1n) is 6.48. The van der Waals surface area contributed by atoms with Crippen LogP contribution in [0.25, 0.3) is 0 Å². The molecule has 10 heteroatoms. The van der Waals surface area contributed by atoms with Crippen molar-refractivity contribution in [1.82, 2.24) is 15.2 Å². The molecule has 0 aliphatic rings. The summed E-state index contributed by atoms with van der Waals surface area (Å²) in [5, 5.41) is 21.1. The molecule has 2 N–H and O–H groups in total. The SMILES string of the molecule is Cc1ccc(NC(=O)CSc2nnc(C)c(=O)[nH]2)cc1[N+](=O)[O-]. The number of rotatable bonds is 5. The first-order chi connectivity index (χ1) is 10.9. The van der Waals surface area contributed by atoms with Crippen LogP contribution in [0.4, 0.5) is 11.4 Å². The van der Waals surface area contributed by atoms with Gasteiger partial charge in [-0.05, 0) is 19.9 Å². The molecule has 0 fully saturated rings. The van der Waals surface area contributed by atoms with Gasteiger partial charge in [0.05, 0.1) is 10.7 Å². The number of thioether (sulfide) groups is 1. The number of anilines is 1. The molecule has 0 aliphatic carbocycles. The number of H-pyrrole nitrogens is 1. The topological polar surface area (TPSA) is 131 Å². The predicted octanol–water partition coefficient (Wildman–Crippen LogP) is 1.42. The molecule has 23 heavy (non-hydrogen) atoms. The Labute approximate surface area is 134 Å². The summed E-state index contributed by atoms with van der Waals surface area (Å²) < 4.78 is 0. The van der Waals surface area contributed by atoms with Gasteiger partial charge in [0.1, 0.15) is 5.69 Å². The number of aromatic nitrogens is 3. The van der Waals surface area contributed by atoms with E-state index in [-0.39, 0.29) is 33.8 Å². The molecular formula is C13H13N5O4S. The summed E-state index contributed by atoms with van der Waals surface area (Å²) in [7, 11) is 0. The molecule has 2 rings (SSSR count). The number of aromatic amines is 1. The number of aryl methyl sites for hydroxylation is 2. The van der Waals surface area contributed by atoms with E-state index in [2.05, 4.69) is 20.5 Å². The molecule has 0 saturated carbocycles. The van der Waals surface area contributed by atoms with Crippen molar-refractivity contribution < 1.29 is 9.72 Å². The lowest BCUT2D eigenvalue weighted by atomic mass is 10.2. The minimum atomic E-state index is -0.508. The molecule has 0 atom stereocenters. The van der Waals surface area contributed by atoms with Crippen LogP contribution in [0.5, 0.6) is 0 Å². The van der Waals surface area contributed by atoms with E-state index < -0.39 is 4.92 Å². The van der Waals surface area contributed by atoms with Crippen LogP contribution in [-0.2, 0) is 4.79 Å². The van der Waals surface area contributed by atoms with Crippen molar-refractivity contribution in [3.63, 3.8) is 0 Å². The first kappa shape index (κ1) is 16.6. The lowest BCUT2D eigenvalue weighted by Crippen LogP contribution is -2.17. The summed E-state index contributed by atoms with van der Waals surface area (Å²) in [5.74, 6) is -0.397. The molecule has 9 nitrogen and oxygen atoms in total. The number of nitro groups is 1. The number of carbonyl (C=O) groups is 1. The van der Waals surface area contributed by atoms with E-state index in [9.17, 15) is 19.7 Å². The van der Waals surface area contributed by atoms with Crippen LogP contribution < -0.4 is 10.9 Å². The third-order valence-electron chi connectivity index (χ3n) is 2.87. The van der Waals surface area contributed by atoms with Crippen LogP contribution in [-0.4, -0.2) is 31.8 Å². The highest BCUT2D eigenvalue weighted by molar-refractivity contribution is 7.99. The van der Waals surface area contributed by atoms with Crippen LogP contribution in [0.15, 0.2) is 28.2 Å². The fourth-order valence-corrected chi connectivity index (χ4v) is 2.26. The van der Waals surface area contributed by atoms with Gasteiger partial charge in [0, 0.05) is 17.3 Å². The van der Waals surface area contributed by atoms with Crippen LogP contribution in [0, 0.1) is 24.0 Å². The number of amides is 1. The van der Waals surface area contributed by atoms with Gasteiger partial charge in [-0.25, -0.2) is 0 Å². The molecule has 0 aliphatic heterocycles. The van der Waals surface area contributed by atoms with E-state index in [1.165, 1.54) is 13.0 Å². The number of hydrogen-bond donors (Lipinski definition) is 2. The van der Waals surface area contributed by atoms with Gasteiger partial charge < -0.3 is 5.32 Å². The van der Waals surface area contributed by atoms with E-state index in [0.29, 0.717) is 11.3 Å². The molecule has 120 valence electrons. The lowest BCUT2D eigenvalue weighted by Gasteiger charge is -2.05. The molecule has 1 amide bonds. The third-order valence-corrected chi connectivity index (χ3v) is 3.73. The van der Waals surface area contributed by atoms with Gasteiger partial charge in [-0.2, -0.15) is 0 Å². The van der Waals surface area contributed by atoms with E-state index in [1.807, 2.05) is 0 Å². The Hall–Kier alpha value is -2.75. The van der Waals surface area contributed by atoms with Crippen molar-refractivity contribution in [2.24, 2.45) is 0 Å². The summed E-state index contributed by atoms with van der Waals surface area (Å²) >= 11 is 1.01. The van der Waals surface area contributed by atoms with Gasteiger partial charge in [-0.15, -0.1) is 10.2 Å². The van der Waals surface area contributed by atoms with Crippen molar-refractivity contribution in [2.45, 2.75) is 19.0 Å². The number of carbonyl (C=O) groups excluding carboxylic acids is 1. The molecule has 0 saturated heterocycles. The highest BCUT2D eigenvalue weighted by Crippen LogP contribution is 2.22. The second-order valence-corrected chi connectivity index (χ2v) is 5.60. The number of nitrogens with one attached hydrogen (secondary N) is 2. The van der Waals surface area contributed by atoms with Crippen molar-refractivity contribution in [2.75, 3.05) is 11.1 Å². The van der Waals surface area contributed by atoms with E-state index in [1.54, 1.807) is 19.1 Å².